The minimum atomic E-state index is -0.141. The fraction of sp³-hybridized carbons (Fsp3) is 0.774. The third-order valence-electron chi connectivity index (χ3n) is 7.92. The van der Waals surface area contributed by atoms with Gasteiger partial charge < -0.3 is 4.98 Å². The normalized spacial score (nSPS) is 16.8. The van der Waals surface area contributed by atoms with Crippen LogP contribution in [0.2, 0.25) is 0 Å². The predicted molar refractivity (Wildman–Crippen MR) is 161 cm³/mol. The van der Waals surface area contributed by atoms with E-state index in [2.05, 4.69) is 18.8 Å². The van der Waals surface area contributed by atoms with Crippen molar-refractivity contribution in [2.75, 3.05) is 0 Å². The summed E-state index contributed by atoms with van der Waals surface area (Å²) < 4.78 is 0.726. The van der Waals surface area contributed by atoms with Crippen molar-refractivity contribution in [3.05, 3.63) is 22.5 Å². The molecule has 0 radical (unpaired) electrons. The van der Waals surface area contributed by atoms with E-state index >= 15 is 0 Å². The lowest BCUT2D eigenvalue weighted by atomic mass is 9.85. The zero-order valence-corrected chi connectivity index (χ0v) is 25.3. The van der Waals surface area contributed by atoms with E-state index in [9.17, 15) is 9.59 Å². The van der Waals surface area contributed by atoms with Crippen LogP contribution in [0.15, 0.2) is 17.2 Å². The monoisotopic (exact) mass is 548 g/mol. The summed E-state index contributed by atoms with van der Waals surface area (Å²) >= 11 is 10.4. The summed E-state index contributed by atoms with van der Waals surface area (Å²) in [6.45, 7) is 4.46. The van der Waals surface area contributed by atoms with Crippen molar-refractivity contribution < 1.29 is 9.59 Å². The molecule has 1 fully saturated rings. The minimum absolute atomic E-state index is 0.0146. The van der Waals surface area contributed by atoms with E-state index in [1.807, 2.05) is 12.3 Å². The van der Waals surface area contributed by atoms with Crippen molar-refractivity contribution in [1.29, 1.82) is 0 Å². The van der Waals surface area contributed by atoms with Crippen LogP contribution < -0.4 is 0 Å². The number of aromatic amines is 1. The number of thiol groups is 1. The molecule has 0 aliphatic carbocycles. The molecule has 1 aromatic heterocycles. The number of rotatable bonds is 17. The molecule has 1 saturated heterocycles. The van der Waals surface area contributed by atoms with Crippen molar-refractivity contribution in [1.82, 2.24) is 9.88 Å². The third kappa shape index (κ3) is 11.2. The highest BCUT2D eigenvalue weighted by Crippen LogP contribution is 2.36. The average molecular weight is 549 g/mol. The molecule has 2 atom stereocenters. The quantitative estimate of drug-likeness (QED) is 0.0881. The second kappa shape index (κ2) is 19.0. The summed E-state index contributed by atoms with van der Waals surface area (Å²) in [5, 5.41) is 0. The number of nitrogens with one attached hydrogen (secondary N) is 1. The number of hydrogen-bond acceptors (Lipinski definition) is 4. The van der Waals surface area contributed by atoms with Gasteiger partial charge in [0.15, 0.2) is 0 Å². The third-order valence-corrected chi connectivity index (χ3v) is 8.89. The molecule has 4 nitrogen and oxygen atoms in total. The first-order valence-electron chi connectivity index (χ1n) is 15.3. The summed E-state index contributed by atoms with van der Waals surface area (Å²) in [7, 11) is 0. The van der Waals surface area contributed by atoms with E-state index in [1.54, 1.807) is 4.90 Å². The highest BCUT2D eigenvalue weighted by molar-refractivity contribution is 7.81. The SMILES string of the molecule is CCCCCCCCCCCC(c1[nH]ccc(=S)c1S)C(CCCCC)N1C(=O)CCCCCCC1=O. The van der Waals surface area contributed by atoms with Crippen LogP contribution in [0.4, 0.5) is 0 Å². The van der Waals surface area contributed by atoms with Crippen molar-refractivity contribution in [2.24, 2.45) is 0 Å². The Hall–Kier alpha value is -1.14. The van der Waals surface area contributed by atoms with Crippen molar-refractivity contribution in [3.63, 3.8) is 0 Å². The van der Waals surface area contributed by atoms with Gasteiger partial charge >= 0.3 is 0 Å². The molecule has 2 rings (SSSR count). The number of carbonyl (C=O) groups is 2. The maximum atomic E-state index is 13.5. The Bertz CT molecular complexity index is 834. The molecule has 1 aromatic rings. The Kier molecular flexibility index (Phi) is 16.5. The molecule has 0 saturated carbocycles. The largest absolute Gasteiger partial charge is 0.364 e. The van der Waals surface area contributed by atoms with Gasteiger partial charge in [-0.3, -0.25) is 14.5 Å². The molecule has 37 heavy (non-hydrogen) atoms. The first-order valence-corrected chi connectivity index (χ1v) is 16.1. The Balaban J connectivity index is 2.25. The summed E-state index contributed by atoms with van der Waals surface area (Å²) in [5.74, 6) is 0.0619. The van der Waals surface area contributed by atoms with Gasteiger partial charge in [-0.15, -0.1) is 12.6 Å². The first kappa shape index (κ1) is 32.1. The van der Waals surface area contributed by atoms with Crippen LogP contribution in [0.5, 0.6) is 0 Å². The Morgan fingerprint density at radius 1 is 0.811 bits per heavy atom. The average Bonchev–Trinajstić information content (AvgIpc) is 2.96. The molecular formula is C31H52N2O2S2. The molecule has 2 heterocycles. The van der Waals surface area contributed by atoms with Crippen LogP contribution in [0.3, 0.4) is 0 Å². The van der Waals surface area contributed by atoms with Crippen LogP contribution in [0, 0.1) is 4.51 Å². The summed E-state index contributed by atoms with van der Waals surface area (Å²) in [6.07, 6.45) is 23.1. The van der Waals surface area contributed by atoms with Crippen molar-refractivity contribution in [3.8, 4) is 0 Å². The van der Waals surface area contributed by atoms with Crippen LogP contribution >= 0.6 is 24.8 Å². The molecular weight excluding hydrogens is 496 g/mol. The molecule has 1 aliphatic rings. The molecule has 6 heteroatoms. The summed E-state index contributed by atoms with van der Waals surface area (Å²) in [5.41, 5.74) is 0.998. The van der Waals surface area contributed by atoms with E-state index in [0.29, 0.717) is 12.8 Å². The van der Waals surface area contributed by atoms with Crippen LogP contribution in [0.1, 0.15) is 154 Å². The molecule has 2 unspecified atom stereocenters. The molecule has 0 aromatic carbocycles. The lowest BCUT2D eigenvalue weighted by Gasteiger charge is -2.37. The number of unbranched alkanes of at least 4 members (excludes halogenated alkanes) is 10. The van der Waals surface area contributed by atoms with Gasteiger partial charge in [-0.1, -0.05) is 116 Å². The number of hydrogen-bond donors (Lipinski definition) is 2. The van der Waals surface area contributed by atoms with Gasteiger partial charge in [0.25, 0.3) is 0 Å². The molecule has 210 valence electrons. The zero-order valence-electron chi connectivity index (χ0n) is 23.6. The Labute approximate surface area is 237 Å². The molecule has 0 spiro atoms. The number of carbonyl (C=O) groups excluding carboxylic acids is 2. The Morgan fingerprint density at radius 2 is 1.32 bits per heavy atom. The smallest absolute Gasteiger partial charge is 0.229 e. The highest BCUT2D eigenvalue weighted by Gasteiger charge is 2.36. The van der Waals surface area contributed by atoms with Gasteiger partial charge in [0.2, 0.25) is 11.8 Å². The maximum Gasteiger partial charge on any atom is 0.229 e. The van der Waals surface area contributed by atoms with Gasteiger partial charge in [0.05, 0.1) is 4.51 Å². The van der Waals surface area contributed by atoms with Gasteiger partial charge in [-0.05, 0) is 31.7 Å². The van der Waals surface area contributed by atoms with Crippen LogP contribution in [-0.2, 0) is 9.59 Å². The highest BCUT2D eigenvalue weighted by atomic mass is 32.1. The predicted octanol–water partition coefficient (Wildman–Crippen LogP) is 9.70. The van der Waals surface area contributed by atoms with E-state index in [0.717, 1.165) is 79.3 Å². The minimum Gasteiger partial charge on any atom is -0.364 e. The molecule has 1 N–H and O–H groups in total. The number of imide groups is 1. The number of nitrogens with zero attached hydrogens (tertiary/aromatic N) is 1. The first-order chi connectivity index (χ1) is 18.0. The summed E-state index contributed by atoms with van der Waals surface area (Å²) in [4.78, 5) is 32.9. The topological polar surface area (TPSA) is 53.2 Å². The van der Waals surface area contributed by atoms with Crippen molar-refractivity contribution in [2.45, 2.75) is 159 Å². The van der Waals surface area contributed by atoms with Crippen LogP contribution in [-0.4, -0.2) is 27.7 Å². The molecule has 2 amide bonds. The zero-order chi connectivity index (χ0) is 26.9. The fourth-order valence-electron chi connectivity index (χ4n) is 5.74. The number of H-pyrrole nitrogens is 1. The van der Waals surface area contributed by atoms with E-state index in [-0.39, 0.29) is 23.8 Å². The van der Waals surface area contributed by atoms with Gasteiger partial charge in [-0.2, -0.15) is 0 Å². The van der Waals surface area contributed by atoms with E-state index in [1.165, 1.54) is 51.4 Å². The Morgan fingerprint density at radius 3 is 1.92 bits per heavy atom. The van der Waals surface area contributed by atoms with E-state index in [4.69, 9.17) is 24.8 Å². The number of aromatic nitrogens is 1. The number of amides is 2. The van der Waals surface area contributed by atoms with E-state index < -0.39 is 0 Å². The van der Waals surface area contributed by atoms with Gasteiger partial charge in [0, 0.05) is 41.6 Å². The molecule has 0 bridgehead atoms. The molecule has 1 aliphatic heterocycles. The lowest BCUT2D eigenvalue weighted by Crippen LogP contribution is -2.47. The van der Waals surface area contributed by atoms with Crippen molar-refractivity contribution >= 4 is 36.7 Å². The van der Waals surface area contributed by atoms with Gasteiger partial charge in [0.1, 0.15) is 0 Å². The lowest BCUT2D eigenvalue weighted by molar-refractivity contribution is -0.148. The summed E-state index contributed by atoms with van der Waals surface area (Å²) in [6, 6.07) is 1.73. The fourth-order valence-corrected chi connectivity index (χ4v) is 6.23. The second-order valence-corrected chi connectivity index (χ2v) is 11.8. The maximum absolute atomic E-state index is 13.5. The van der Waals surface area contributed by atoms with Crippen LogP contribution in [0.25, 0.3) is 0 Å². The second-order valence-electron chi connectivity index (χ2n) is 11.0. The standard InChI is InChI=1S/C31H52N2O2S2/c1-3-5-7-8-9-10-11-12-16-19-25(30-31(37)27(36)23-24-32-30)26(20-15-6-4-2)33-28(34)21-17-13-14-18-22-29(33)35/h23-26,37H,3-22H2,1-2H3,(H,32,36). The number of pyridine rings is 1. The van der Waals surface area contributed by atoms with Gasteiger partial charge in [-0.25, -0.2) is 0 Å².